The van der Waals surface area contributed by atoms with Crippen LogP contribution < -0.4 is 14.4 Å². The number of methoxy groups -OCH3 is 1. The van der Waals surface area contributed by atoms with Crippen LogP contribution in [0.5, 0.6) is 11.5 Å². The minimum Gasteiger partial charge on any atom is -0.507 e. The molecule has 0 radical (unpaired) electrons. The number of Topliss-reactive ketones (excluding diaryl/α,β-unsaturated/α-hetero) is 1. The molecule has 2 heterocycles. The number of anilines is 1. The number of carbonyl (C=O) groups excluding carboxylic acids is 3. The number of benzene rings is 2. The van der Waals surface area contributed by atoms with Gasteiger partial charge in [0.05, 0.1) is 37.6 Å². The zero-order valence-electron chi connectivity index (χ0n) is 22.2. The maximum Gasteiger partial charge on any atom is 0.350 e. The molecule has 0 bridgehead atoms. The van der Waals surface area contributed by atoms with Crippen molar-refractivity contribution in [1.82, 2.24) is 4.98 Å². The quantitative estimate of drug-likeness (QED) is 0.117. The highest BCUT2D eigenvalue weighted by molar-refractivity contribution is 7.17. The molecule has 1 atom stereocenters. The van der Waals surface area contributed by atoms with Crippen LogP contribution in [-0.4, -0.2) is 48.1 Å². The van der Waals surface area contributed by atoms with Crippen molar-refractivity contribution in [3.8, 4) is 11.5 Å². The highest BCUT2D eigenvalue weighted by Gasteiger charge is 2.48. The number of aromatic nitrogens is 1. The van der Waals surface area contributed by atoms with E-state index in [4.69, 9.17) is 14.2 Å². The number of hydrogen-bond donors (Lipinski definition) is 1. The highest BCUT2D eigenvalue weighted by atomic mass is 32.1. The zero-order chi connectivity index (χ0) is 28.1. The van der Waals surface area contributed by atoms with Crippen LogP contribution >= 0.6 is 11.3 Å². The van der Waals surface area contributed by atoms with Gasteiger partial charge in [-0.1, -0.05) is 36.8 Å². The van der Waals surface area contributed by atoms with Gasteiger partial charge in [-0.25, -0.2) is 9.78 Å². The highest BCUT2D eigenvalue weighted by Crippen LogP contribution is 2.44. The fraction of sp³-hybridized carbons (Fsp3) is 0.310. The minimum absolute atomic E-state index is 0.0868. The summed E-state index contributed by atoms with van der Waals surface area (Å²) in [4.78, 5) is 44.9. The van der Waals surface area contributed by atoms with E-state index < -0.39 is 23.7 Å². The van der Waals surface area contributed by atoms with E-state index in [2.05, 4.69) is 11.9 Å². The number of rotatable bonds is 10. The molecular weight excluding hydrogens is 520 g/mol. The summed E-state index contributed by atoms with van der Waals surface area (Å²) in [5.41, 5.74) is 1.20. The summed E-state index contributed by atoms with van der Waals surface area (Å²) in [6, 6.07) is 12.6. The summed E-state index contributed by atoms with van der Waals surface area (Å²) in [5, 5.41) is 11.5. The van der Waals surface area contributed by atoms with Gasteiger partial charge in [0.1, 0.15) is 22.1 Å². The lowest BCUT2D eigenvalue weighted by atomic mass is 9.95. The Morgan fingerprint density at radius 1 is 1.03 bits per heavy atom. The Bertz CT molecular complexity index is 1390. The van der Waals surface area contributed by atoms with Crippen molar-refractivity contribution in [3.63, 3.8) is 0 Å². The van der Waals surface area contributed by atoms with E-state index in [1.807, 2.05) is 6.92 Å². The number of ether oxygens (including phenoxy) is 3. The van der Waals surface area contributed by atoms with Crippen molar-refractivity contribution in [1.29, 1.82) is 0 Å². The predicted octanol–water partition coefficient (Wildman–Crippen LogP) is 5.44. The van der Waals surface area contributed by atoms with Gasteiger partial charge >= 0.3 is 11.9 Å². The number of hydrogen-bond acceptors (Lipinski definition) is 9. The van der Waals surface area contributed by atoms with Gasteiger partial charge in [0.15, 0.2) is 5.13 Å². The number of ketones is 1. The fourth-order valence-corrected chi connectivity index (χ4v) is 5.24. The summed E-state index contributed by atoms with van der Waals surface area (Å²) in [6.45, 7) is 6.62. The maximum absolute atomic E-state index is 13.4. The van der Waals surface area contributed by atoms with Crippen LogP contribution in [0.15, 0.2) is 54.1 Å². The molecule has 39 heavy (non-hydrogen) atoms. The number of aryl methyl sites for hydroxylation is 1. The summed E-state index contributed by atoms with van der Waals surface area (Å²) in [6.07, 6.45) is 1.92. The molecule has 10 heteroatoms. The number of aliphatic hydroxyl groups excluding tert-OH is 1. The van der Waals surface area contributed by atoms with Crippen molar-refractivity contribution in [2.24, 2.45) is 0 Å². The molecule has 0 spiro atoms. The van der Waals surface area contributed by atoms with Crippen molar-refractivity contribution < 1.29 is 33.7 Å². The molecule has 9 nitrogen and oxygen atoms in total. The minimum atomic E-state index is -0.989. The first-order valence-corrected chi connectivity index (χ1v) is 13.4. The lowest BCUT2D eigenvalue weighted by molar-refractivity contribution is -0.132. The Morgan fingerprint density at radius 3 is 2.28 bits per heavy atom. The van der Waals surface area contributed by atoms with E-state index in [1.54, 1.807) is 55.5 Å². The molecule has 1 amide bonds. The SMILES string of the molecule is CCCCOc1ccc(C(O)=C2C(=O)C(=O)N(c3nc(C)c(C(=O)OC)s3)[C@H]2c2ccc(OCC)cc2)cc1. The summed E-state index contributed by atoms with van der Waals surface area (Å²) in [7, 11) is 1.26. The van der Waals surface area contributed by atoms with Crippen molar-refractivity contribution in [2.45, 2.75) is 39.7 Å². The average molecular weight is 551 g/mol. The average Bonchev–Trinajstić information content (AvgIpc) is 3.45. The second-order valence-corrected chi connectivity index (χ2v) is 9.78. The Balaban J connectivity index is 1.81. The Kier molecular flexibility index (Phi) is 8.65. The molecular formula is C29H30N2O7S. The van der Waals surface area contributed by atoms with Crippen LogP contribution in [0, 0.1) is 6.92 Å². The normalized spacial score (nSPS) is 16.4. The molecule has 1 saturated heterocycles. The molecule has 2 aromatic carbocycles. The van der Waals surface area contributed by atoms with Crippen molar-refractivity contribution in [2.75, 3.05) is 25.2 Å². The third kappa shape index (κ3) is 5.65. The van der Waals surface area contributed by atoms with Crippen molar-refractivity contribution in [3.05, 3.63) is 75.8 Å². The van der Waals surface area contributed by atoms with Gasteiger partial charge in [0.25, 0.3) is 5.78 Å². The van der Waals surface area contributed by atoms with Crippen LogP contribution in [0.3, 0.4) is 0 Å². The first-order valence-electron chi connectivity index (χ1n) is 12.6. The molecule has 1 fully saturated rings. The van der Waals surface area contributed by atoms with E-state index in [0.29, 0.717) is 41.5 Å². The smallest absolute Gasteiger partial charge is 0.350 e. The second-order valence-electron chi connectivity index (χ2n) is 8.80. The predicted molar refractivity (Wildman–Crippen MR) is 147 cm³/mol. The first kappa shape index (κ1) is 27.8. The number of nitrogens with zero attached hydrogens (tertiary/aromatic N) is 2. The molecule has 204 valence electrons. The van der Waals surface area contributed by atoms with Gasteiger partial charge in [-0.2, -0.15) is 0 Å². The van der Waals surface area contributed by atoms with Crippen molar-refractivity contribution >= 4 is 39.9 Å². The van der Waals surface area contributed by atoms with Gasteiger partial charge in [0.2, 0.25) is 0 Å². The summed E-state index contributed by atoms with van der Waals surface area (Å²) in [5.74, 6) is -1.38. The lowest BCUT2D eigenvalue weighted by Gasteiger charge is -2.23. The number of unbranched alkanes of at least 4 members (excludes halogenated alkanes) is 1. The topological polar surface area (TPSA) is 115 Å². The van der Waals surface area contributed by atoms with Crippen LogP contribution in [0.25, 0.3) is 5.76 Å². The monoisotopic (exact) mass is 550 g/mol. The molecule has 4 rings (SSSR count). The first-order chi connectivity index (χ1) is 18.8. The number of carbonyl (C=O) groups is 3. The largest absolute Gasteiger partial charge is 0.507 e. The number of aliphatic hydroxyl groups is 1. The fourth-order valence-electron chi connectivity index (χ4n) is 4.22. The van der Waals surface area contributed by atoms with E-state index in [9.17, 15) is 19.5 Å². The standard InChI is InChI=1S/C29H30N2O7S/c1-5-7-16-38-21-14-10-19(11-15-21)24(32)22-23(18-8-12-20(13-9-18)37-6-2)31(27(34)25(22)33)29-30-17(3)26(39-29)28(35)36-4/h8-15,23,32H,5-7,16H2,1-4H3/t23-/m0/s1. The third-order valence-electron chi connectivity index (χ3n) is 6.21. The van der Waals surface area contributed by atoms with E-state index in [-0.39, 0.29) is 21.3 Å². The molecule has 1 N–H and O–H groups in total. The third-order valence-corrected chi connectivity index (χ3v) is 7.34. The molecule has 0 saturated carbocycles. The van der Waals surface area contributed by atoms with Gasteiger partial charge in [0, 0.05) is 5.56 Å². The van der Waals surface area contributed by atoms with E-state index in [1.165, 1.54) is 12.0 Å². The molecule has 0 aliphatic carbocycles. The van der Waals surface area contributed by atoms with Crippen LogP contribution in [0.1, 0.15) is 59.2 Å². The zero-order valence-corrected chi connectivity index (χ0v) is 23.0. The summed E-state index contributed by atoms with van der Waals surface area (Å²) >= 11 is 0.948. The lowest BCUT2D eigenvalue weighted by Crippen LogP contribution is -2.29. The number of amides is 1. The van der Waals surface area contributed by atoms with Gasteiger partial charge in [-0.15, -0.1) is 0 Å². The number of esters is 1. The second kappa shape index (κ2) is 12.1. The van der Waals surface area contributed by atoms with Crippen LogP contribution in [0.4, 0.5) is 5.13 Å². The van der Waals surface area contributed by atoms with Gasteiger partial charge < -0.3 is 19.3 Å². The maximum atomic E-state index is 13.4. The molecule has 0 unspecified atom stereocenters. The van der Waals surface area contributed by atoms with E-state index >= 15 is 0 Å². The van der Waals surface area contributed by atoms with E-state index in [0.717, 1.165) is 24.2 Å². The number of thiazole rings is 1. The Hall–Kier alpha value is -4.18. The Labute approximate surface area is 230 Å². The van der Waals surface area contributed by atoms with Crippen LogP contribution in [0.2, 0.25) is 0 Å². The molecule has 1 aromatic heterocycles. The summed E-state index contributed by atoms with van der Waals surface area (Å²) < 4.78 is 16.1. The molecule has 1 aliphatic heterocycles. The molecule has 3 aromatic rings. The van der Waals surface area contributed by atoms with Crippen LogP contribution in [-0.2, 0) is 14.3 Å². The van der Waals surface area contributed by atoms with Gasteiger partial charge in [-0.3, -0.25) is 14.5 Å². The Morgan fingerprint density at radius 2 is 1.67 bits per heavy atom. The van der Waals surface area contributed by atoms with Gasteiger partial charge in [-0.05, 0) is 62.2 Å². The molecule has 1 aliphatic rings.